The maximum atomic E-state index is 11.3. The molecule has 0 unspecified atom stereocenters. The molecule has 1 aromatic heterocycles. The molecule has 2 rings (SSSR count). The quantitative estimate of drug-likeness (QED) is 0.643. The second-order valence-corrected chi connectivity index (χ2v) is 6.13. The first-order valence-corrected chi connectivity index (χ1v) is 7.55. The molecule has 118 valence electrons. The Balaban J connectivity index is 2.12. The van der Waals surface area contributed by atoms with Crippen LogP contribution in [0.15, 0.2) is 0 Å². The number of hydrogen-bond acceptors (Lipinski definition) is 5. The molecular weight excluding hydrogens is 272 g/mol. The largest absolute Gasteiger partial charge is 0.393 e. The van der Waals surface area contributed by atoms with Crippen LogP contribution in [-0.4, -0.2) is 32.5 Å². The van der Waals surface area contributed by atoms with Crippen molar-refractivity contribution in [3.05, 3.63) is 15.8 Å². The van der Waals surface area contributed by atoms with E-state index in [4.69, 9.17) is 0 Å². The first-order valence-electron chi connectivity index (χ1n) is 7.55. The Labute approximate surface area is 124 Å². The van der Waals surface area contributed by atoms with E-state index in [1.165, 1.54) is 0 Å². The Hall–Kier alpha value is -1.63. The summed E-state index contributed by atoms with van der Waals surface area (Å²) in [4.78, 5) is 10.9. The molecule has 0 saturated heterocycles. The predicted octanol–water partition coefficient (Wildman–Crippen LogP) is 2.64. The zero-order chi connectivity index (χ0) is 15.6. The zero-order valence-electron chi connectivity index (χ0n) is 12.9. The molecule has 7 heteroatoms. The molecule has 1 aromatic rings. The summed E-state index contributed by atoms with van der Waals surface area (Å²) in [6.45, 7) is 6.27. The van der Waals surface area contributed by atoms with E-state index in [0.29, 0.717) is 24.0 Å². The maximum absolute atomic E-state index is 11.3. The summed E-state index contributed by atoms with van der Waals surface area (Å²) in [6.07, 6.45) is 3.36. The molecule has 0 spiro atoms. The van der Waals surface area contributed by atoms with Crippen LogP contribution in [0.5, 0.6) is 0 Å². The van der Waals surface area contributed by atoms with Crippen molar-refractivity contribution in [2.24, 2.45) is 5.92 Å². The van der Waals surface area contributed by atoms with E-state index in [-0.39, 0.29) is 22.8 Å². The number of hydrogen-bond donors (Lipinski definition) is 2. The highest BCUT2D eigenvalue weighted by molar-refractivity contribution is 5.59. The maximum Gasteiger partial charge on any atom is 0.333 e. The van der Waals surface area contributed by atoms with Crippen LogP contribution in [0.4, 0.5) is 11.5 Å². The monoisotopic (exact) mass is 296 g/mol. The van der Waals surface area contributed by atoms with Crippen LogP contribution >= 0.6 is 0 Å². The van der Waals surface area contributed by atoms with Crippen LogP contribution in [0.25, 0.3) is 0 Å². The van der Waals surface area contributed by atoms with E-state index in [2.05, 4.69) is 10.4 Å². The molecule has 1 aliphatic rings. The Morgan fingerprint density at radius 3 is 2.57 bits per heavy atom. The average molecular weight is 296 g/mol. The van der Waals surface area contributed by atoms with Gasteiger partial charge < -0.3 is 10.4 Å². The topological polar surface area (TPSA) is 93.2 Å². The van der Waals surface area contributed by atoms with Crippen molar-refractivity contribution < 1.29 is 10.0 Å². The summed E-state index contributed by atoms with van der Waals surface area (Å²) >= 11 is 0. The van der Waals surface area contributed by atoms with E-state index in [1.807, 2.05) is 13.8 Å². The fourth-order valence-electron chi connectivity index (χ4n) is 2.89. The van der Waals surface area contributed by atoms with Crippen molar-refractivity contribution >= 4 is 11.5 Å². The summed E-state index contributed by atoms with van der Waals surface area (Å²) in [5, 5.41) is 28.3. The molecule has 1 saturated carbocycles. The van der Waals surface area contributed by atoms with Gasteiger partial charge in [0.1, 0.15) is 5.69 Å². The molecule has 0 radical (unpaired) electrons. The van der Waals surface area contributed by atoms with Crippen molar-refractivity contribution in [2.45, 2.75) is 58.6 Å². The number of nitrogens with zero attached hydrogens (tertiary/aromatic N) is 3. The number of aliphatic hydroxyl groups is 1. The van der Waals surface area contributed by atoms with Crippen LogP contribution in [0, 0.1) is 23.0 Å². The molecule has 0 amide bonds. The molecule has 2 N–H and O–H groups in total. The third-order valence-electron chi connectivity index (χ3n) is 4.10. The summed E-state index contributed by atoms with van der Waals surface area (Å²) in [7, 11) is 0. The highest BCUT2D eigenvalue weighted by atomic mass is 16.6. The Morgan fingerprint density at radius 2 is 2.05 bits per heavy atom. The molecule has 0 aromatic carbocycles. The lowest BCUT2D eigenvalue weighted by Gasteiger charge is -2.25. The first kappa shape index (κ1) is 15.8. The number of nitrogens with one attached hydrogen (secondary N) is 1. The number of aryl methyl sites for hydroxylation is 1. The number of aromatic nitrogens is 2. The van der Waals surface area contributed by atoms with Gasteiger partial charge in [0.25, 0.3) is 0 Å². The van der Waals surface area contributed by atoms with Gasteiger partial charge in [-0.1, -0.05) is 0 Å². The molecule has 7 nitrogen and oxygen atoms in total. The highest BCUT2D eigenvalue weighted by Gasteiger charge is 2.27. The predicted molar refractivity (Wildman–Crippen MR) is 80.5 cm³/mol. The Kier molecular flexibility index (Phi) is 4.82. The number of rotatable bonds is 5. The standard InChI is InChI=1S/C14H24N4O3/c1-9(2)17-14(13(18(20)21)10(3)16-17)15-8-11-4-6-12(19)7-5-11/h9,11-12,15,19H,4-8H2,1-3H3. The summed E-state index contributed by atoms with van der Waals surface area (Å²) in [5.41, 5.74) is 0.509. The Bertz CT molecular complexity index is 505. The molecular formula is C14H24N4O3. The van der Waals surface area contributed by atoms with Crippen LogP contribution in [0.1, 0.15) is 51.3 Å². The van der Waals surface area contributed by atoms with Crippen molar-refractivity contribution in [1.82, 2.24) is 9.78 Å². The molecule has 1 fully saturated rings. The van der Waals surface area contributed by atoms with E-state index in [9.17, 15) is 15.2 Å². The van der Waals surface area contributed by atoms with Gasteiger partial charge >= 0.3 is 5.69 Å². The van der Waals surface area contributed by atoms with Gasteiger partial charge in [-0.05, 0) is 52.4 Å². The van der Waals surface area contributed by atoms with E-state index < -0.39 is 0 Å². The van der Waals surface area contributed by atoms with Gasteiger partial charge in [0.15, 0.2) is 0 Å². The van der Waals surface area contributed by atoms with Gasteiger partial charge in [-0.3, -0.25) is 10.1 Å². The van der Waals surface area contributed by atoms with Gasteiger partial charge in [0.05, 0.1) is 11.0 Å². The first-order chi connectivity index (χ1) is 9.90. The third kappa shape index (κ3) is 3.53. The summed E-state index contributed by atoms with van der Waals surface area (Å²) in [5.74, 6) is 0.947. The van der Waals surface area contributed by atoms with Gasteiger partial charge in [-0.25, -0.2) is 4.68 Å². The molecule has 21 heavy (non-hydrogen) atoms. The van der Waals surface area contributed by atoms with E-state index in [1.54, 1.807) is 11.6 Å². The van der Waals surface area contributed by atoms with Crippen molar-refractivity contribution in [1.29, 1.82) is 0 Å². The lowest BCUT2D eigenvalue weighted by atomic mass is 9.87. The van der Waals surface area contributed by atoms with Crippen LogP contribution in [0.3, 0.4) is 0 Å². The lowest BCUT2D eigenvalue weighted by molar-refractivity contribution is -0.384. The second-order valence-electron chi connectivity index (χ2n) is 6.13. The molecule has 1 heterocycles. The summed E-state index contributed by atoms with van der Waals surface area (Å²) < 4.78 is 1.69. The average Bonchev–Trinajstić information content (AvgIpc) is 2.75. The van der Waals surface area contributed by atoms with Crippen molar-refractivity contribution in [3.8, 4) is 0 Å². The van der Waals surface area contributed by atoms with Gasteiger partial charge in [0, 0.05) is 12.6 Å². The van der Waals surface area contributed by atoms with Crippen molar-refractivity contribution in [2.75, 3.05) is 11.9 Å². The SMILES string of the molecule is Cc1nn(C(C)C)c(NCC2CCC(O)CC2)c1[N+](=O)[O-]. The molecule has 0 bridgehead atoms. The van der Waals surface area contributed by atoms with Crippen LogP contribution < -0.4 is 5.32 Å². The number of nitro groups is 1. The van der Waals surface area contributed by atoms with Crippen LogP contribution in [-0.2, 0) is 0 Å². The number of anilines is 1. The smallest absolute Gasteiger partial charge is 0.333 e. The third-order valence-corrected chi connectivity index (χ3v) is 4.10. The van der Waals surface area contributed by atoms with Gasteiger partial charge in [-0.15, -0.1) is 0 Å². The summed E-state index contributed by atoms with van der Waals surface area (Å²) in [6, 6.07) is 0.0630. The zero-order valence-corrected chi connectivity index (χ0v) is 12.9. The van der Waals surface area contributed by atoms with Gasteiger partial charge in [0.2, 0.25) is 5.82 Å². The molecule has 0 aliphatic heterocycles. The molecule has 1 aliphatic carbocycles. The molecule has 0 atom stereocenters. The normalized spacial score (nSPS) is 22.5. The Morgan fingerprint density at radius 1 is 1.43 bits per heavy atom. The minimum Gasteiger partial charge on any atom is -0.393 e. The fraction of sp³-hybridized carbons (Fsp3) is 0.786. The second kappa shape index (κ2) is 6.43. The van der Waals surface area contributed by atoms with E-state index in [0.717, 1.165) is 25.7 Å². The minimum atomic E-state index is -0.367. The fourth-order valence-corrected chi connectivity index (χ4v) is 2.89. The van der Waals surface area contributed by atoms with Crippen molar-refractivity contribution in [3.63, 3.8) is 0 Å². The lowest BCUT2D eigenvalue weighted by Crippen LogP contribution is -2.24. The van der Waals surface area contributed by atoms with Gasteiger partial charge in [-0.2, -0.15) is 5.10 Å². The highest BCUT2D eigenvalue weighted by Crippen LogP contribution is 2.32. The number of aliphatic hydroxyl groups excluding tert-OH is 1. The van der Waals surface area contributed by atoms with Crippen LogP contribution in [0.2, 0.25) is 0 Å². The minimum absolute atomic E-state index is 0.0630. The van der Waals surface area contributed by atoms with E-state index >= 15 is 0 Å².